The molecule has 0 aromatic rings. The standard InChI is InChI=1S/C19H37NO2/c1-5-7-8-9-10-11-12-13-14-15-16-18(17-20(3)4)22-19(21)6-2/h6,18H,2,5,7-17H2,1,3-4H3. The highest BCUT2D eigenvalue weighted by Crippen LogP contribution is 2.13. The van der Waals surface area contributed by atoms with Gasteiger partial charge in [0.05, 0.1) is 0 Å². The SMILES string of the molecule is C=CC(=O)OC(CCCCCCCCCCCC)CN(C)C. The van der Waals surface area contributed by atoms with Gasteiger partial charge in [0.25, 0.3) is 0 Å². The zero-order chi connectivity index (χ0) is 16.6. The molecule has 0 amide bonds. The number of nitrogens with zero attached hydrogens (tertiary/aromatic N) is 1. The number of likely N-dealkylation sites (N-methyl/N-ethyl adjacent to an activating group) is 1. The van der Waals surface area contributed by atoms with Gasteiger partial charge in [0.1, 0.15) is 6.10 Å². The third kappa shape index (κ3) is 14.1. The molecule has 0 bridgehead atoms. The van der Waals surface area contributed by atoms with E-state index in [9.17, 15) is 4.79 Å². The van der Waals surface area contributed by atoms with Crippen LogP contribution in [0.3, 0.4) is 0 Å². The number of rotatable bonds is 15. The van der Waals surface area contributed by atoms with Crippen molar-refractivity contribution in [2.45, 2.75) is 83.7 Å². The molecule has 0 heterocycles. The summed E-state index contributed by atoms with van der Waals surface area (Å²) >= 11 is 0. The Morgan fingerprint density at radius 1 is 1.00 bits per heavy atom. The smallest absolute Gasteiger partial charge is 0.330 e. The molecule has 0 saturated heterocycles. The van der Waals surface area contributed by atoms with Crippen LogP contribution in [0.25, 0.3) is 0 Å². The molecular formula is C19H37NO2. The Bertz CT molecular complexity index is 277. The molecule has 0 aliphatic carbocycles. The lowest BCUT2D eigenvalue weighted by molar-refractivity contribution is -0.144. The second kappa shape index (κ2) is 15.1. The first-order chi connectivity index (χ1) is 10.6. The summed E-state index contributed by atoms with van der Waals surface area (Å²) in [6.45, 7) is 6.51. The van der Waals surface area contributed by atoms with Gasteiger partial charge in [0.15, 0.2) is 0 Å². The lowest BCUT2D eigenvalue weighted by Crippen LogP contribution is -2.30. The van der Waals surface area contributed by atoms with Gasteiger partial charge in [-0.15, -0.1) is 0 Å². The fourth-order valence-corrected chi connectivity index (χ4v) is 2.67. The van der Waals surface area contributed by atoms with E-state index in [1.807, 2.05) is 14.1 Å². The first-order valence-electron chi connectivity index (χ1n) is 9.08. The number of hydrogen-bond donors (Lipinski definition) is 0. The quantitative estimate of drug-likeness (QED) is 0.243. The van der Waals surface area contributed by atoms with Crippen LogP contribution in [0.2, 0.25) is 0 Å². The second-order valence-electron chi connectivity index (χ2n) is 6.50. The van der Waals surface area contributed by atoms with Crippen LogP contribution < -0.4 is 0 Å². The highest BCUT2D eigenvalue weighted by atomic mass is 16.5. The Morgan fingerprint density at radius 3 is 1.95 bits per heavy atom. The fourth-order valence-electron chi connectivity index (χ4n) is 2.67. The number of ether oxygens (including phenoxy) is 1. The second-order valence-corrected chi connectivity index (χ2v) is 6.50. The van der Waals surface area contributed by atoms with E-state index < -0.39 is 0 Å². The van der Waals surface area contributed by atoms with Gasteiger partial charge in [-0.05, 0) is 26.9 Å². The van der Waals surface area contributed by atoms with E-state index >= 15 is 0 Å². The maximum atomic E-state index is 11.3. The highest BCUT2D eigenvalue weighted by molar-refractivity contribution is 5.81. The van der Waals surface area contributed by atoms with Crippen molar-refractivity contribution >= 4 is 5.97 Å². The molecule has 1 unspecified atom stereocenters. The van der Waals surface area contributed by atoms with E-state index in [2.05, 4.69) is 18.4 Å². The van der Waals surface area contributed by atoms with Crippen LogP contribution in [0.4, 0.5) is 0 Å². The van der Waals surface area contributed by atoms with Crippen LogP contribution in [0, 0.1) is 0 Å². The Labute approximate surface area is 138 Å². The first kappa shape index (κ1) is 21.2. The molecule has 0 aromatic carbocycles. The summed E-state index contributed by atoms with van der Waals surface area (Å²) in [6.07, 6.45) is 15.5. The van der Waals surface area contributed by atoms with Gasteiger partial charge >= 0.3 is 5.97 Å². The molecule has 0 aliphatic heterocycles. The summed E-state index contributed by atoms with van der Waals surface area (Å²) in [6, 6.07) is 0. The number of carbonyl (C=O) groups excluding carboxylic acids is 1. The molecule has 3 nitrogen and oxygen atoms in total. The maximum Gasteiger partial charge on any atom is 0.330 e. The minimum atomic E-state index is -0.307. The van der Waals surface area contributed by atoms with Crippen molar-refractivity contribution in [2.24, 2.45) is 0 Å². The van der Waals surface area contributed by atoms with Crippen LogP contribution in [-0.4, -0.2) is 37.6 Å². The Hall–Kier alpha value is -0.830. The zero-order valence-corrected chi connectivity index (χ0v) is 15.1. The van der Waals surface area contributed by atoms with E-state index in [-0.39, 0.29) is 12.1 Å². The molecule has 3 heteroatoms. The van der Waals surface area contributed by atoms with Crippen LogP contribution in [0.5, 0.6) is 0 Å². The van der Waals surface area contributed by atoms with Gasteiger partial charge in [0, 0.05) is 12.6 Å². The molecule has 0 aromatic heterocycles. The van der Waals surface area contributed by atoms with Crippen molar-refractivity contribution < 1.29 is 9.53 Å². The number of hydrogen-bond acceptors (Lipinski definition) is 3. The molecule has 0 radical (unpaired) electrons. The van der Waals surface area contributed by atoms with Crippen LogP contribution >= 0.6 is 0 Å². The van der Waals surface area contributed by atoms with E-state index in [4.69, 9.17) is 4.74 Å². The van der Waals surface area contributed by atoms with Gasteiger partial charge in [-0.3, -0.25) is 0 Å². The predicted octanol–water partition coefficient (Wildman–Crippen LogP) is 4.96. The van der Waals surface area contributed by atoms with Crippen molar-refractivity contribution in [1.82, 2.24) is 4.90 Å². The van der Waals surface area contributed by atoms with E-state index in [0.717, 1.165) is 19.4 Å². The lowest BCUT2D eigenvalue weighted by Gasteiger charge is -2.20. The van der Waals surface area contributed by atoms with Crippen molar-refractivity contribution in [3.05, 3.63) is 12.7 Å². The average Bonchev–Trinajstić information content (AvgIpc) is 2.48. The summed E-state index contributed by atoms with van der Waals surface area (Å²) in [5.74, 6) is -0.307. The third-order valence-electron chi connectivity index (χ3n) is 3.90. The largest absolute Gasteiger partial charge is 0.458 e. The van der Waals surface area contributed by atoms with E-state index in [0.29, 0.717) is 0 Å². The summed E-state index contributed by atoms with van der Waals surface area (Å²) < 4.78 is 5.39. The summed E-state index contributed by atoms with van der Waals surface area (Å²) in [5, 5.41) is 0. The third-order valence-corrected chi connectivity index (χ3v) is 3.90. The van der Waals surface area contributed by atoms with Gasteiger partial charge in [-0.1, -0.05) is 71.3 Å². The maximum absolute atomic E-state index is 11.3. The van der Waals surface area contributed by atoms with Gasteiger partial charge in [-0.25, -0.2) is 4.79 Å². The Morgan fingerprint density at radius 2 is 1.50 bits per heavy atom. The monoisotopic (exact) mass is 311 g/mol. The molecule has 130 valence electrons. The summed E-state index contributed by atoms with van der Waals surface area (Å²) in [4.78, 5) is 13.4. The molecule has 1 atom stereocenters. The van der Waals surface area contributed by atoms with Crippen molar-refractivity contribution in [3.63, 3.8) is 0 Å². The summed E-state index contributed by atoms with van der Waals surface area (Å²) in [5.41, 5.74) is 0. The molecule has 22 heavy (non-hydrogen) atoms. The predicted molar refractivity (Wildman–Crippen MR) is 95.1 cm³/mol. The first-order valence-corrected chi connectivity index (χ1v) is 9.08. The van der Waals surface area contributed by atoms with Gasteiger partial charge < -0.3 is 9.64 Å². The van der Waals surface area contributed by atoms with Gasteiger partial charge in [0.2, 0.25) is 0 Å². The molecule has 0 spiro atoms. The summed E-state index contributed by atoms with van der Waals surface area (Å²) in [7, 11) is 4.01. The average molecular weight is 312 g/mol. The molecule has 0 rings (SSSR count). The number of esters is 1. The van der Waals surface area contributed by atoms with Crippen LogP contribution in [0.15, 0.2) is 12.7 Å². The molecular weight excluding hydrogens is 274 g/mol. The fraction of sp³-hybridized carbons (Fsp3) is 0.842. The Balaban J connectivity index is 3.58. The van der Waals surface area contributed by atoms with Gasteiger partial charge in [-0.2, -0.15) is 0 Å². The van der Waals surface area contributed by atoms with Crippen LogP contribution in [0.1, 0.15) is 77.6 Å². The van der Waals surface area contributed by atoms with Crippen molar-refractivity contribution in [3.8, 4) is 0 Å². The number of carbonyl (C=O) groups is 1. The molecule has 0 saturated carbocycles. The van der Waals surface area contributed by atoms with Crippen LogP contribution in [-0.2, 0) is 9.53 Å². The normalized spacial score (nSPS) is 12.4. The molecule has 0 aliphatic rings. The zero-order valence-electron chi connectivity index (χ0n) is 15.1. The number of unbranched alkanes of at least 4 members (excludes halogenated alkanes) is 9. The van der Waals surface area contributed by atoms with E-state index in [1.165, 1.54) is 63.9 Å². The van der Waals surface area contributed by atoms with Crippen molar-refractivity contribution in [1.29, 1.82) is 0 Å². The molecule has 0 fully saturated rings. The topological polar surface area (TPSA) is 29.5 Å². The minimum absolute atomic E-state index is 0.00505. The lowest BCUT2D eigenvalue weighted by atomic mass is 10.0. The van der Waals surface area contributed by atoms with E-state index in [1.54, 1.807) is 0 Å². The minimum Gasteiger partial charge on any atom is -0.458 e. The Kier molecular flexibility index (Phi) is 14.5. The molecule has 0 N–H and O–H groups in total. The van der Waals surface area contributed by atoms with Crippen molar-refractivity contribution in [2.75, 3.05) is 20.6 Å². The highest BCUT2D eigenvalue weighted by Gasteiger charge is 2.13.